The molecule has 0 bridgehead atoms. The fourth-order valence-corrected chi connectivity index (χ4v) is 2.73. The Morgan fingerprint density at radius 3 is 2.75 bits per heavy atom. The average molecular weight is 360 g/mol. The van der Waals surface area contributed by atoms with Crippen molar-refractivity contribution in [2.45, 2.75) is 12.1 Å². The van der Waals surface area contributed by atoms with Crippen molar-refractivity contribution in [1.82, 2.24) is 10.4 Å². The van der Waals surface area contributed by atoms with Crippen molar-refractivity contribution >= 4 is 46.1 Å². The maximum absolute atomic E-state index is 11.9. The van der Waals surface area contributed by atoms with Gasteiger partial charge in [-0.3, -0.25) is 4.79 Å². The maximum atomic E-state index is 11.9. The molecule has 3 rings (SSSR count). The largest absolute Gasteiger partial charge is 0.431 e. The van der Waals surface area contributed by atoms with Crippen LogP contribution in [0.3, 0.4) is 0 Å². The molecule has 2 aromatic carbocycles. The number of carbonyl (C=O) groups is 1. The fourth-order valence-electron chi connectivity index (χ4n) is 1.97. The van der Waals surface area contributed by atoms with Crippen LogP contribution in [0.5, 0.6) is 0 Å². The van der Waals surface area contributed by atoms with Crippen LogP contribution in [-0.4, -0.2) is 22.4 Å². The molecule has 3 aromatic rings. The summed E-state index contributed by atoms with van der Waals surface area (Å²) < 4.78 is 5.55. The van der Waals surface area contributed by atoms with Gasteiger partial charge in [0.1, 0.15) is 5.52 Å². The van der Waals surface area contributed by atoms with E-state index in [0.717, 1.165) is 11.1 Å². The van der Waals surface area contributed by atoms with Gasteiger partial charge >= 0.3 is 0 Å². The highest BCUT2D eigenvalue weighted by molar-refractivity contribution is 7.99. The Morgan fingerprint density at radius 2 is 2.00 bits per heavy atom. The first-order valence-electron chi connectivity index (χ1n) is 7.19. The summed E-state index contributed by atoms with van der Waals surface area (Å²) in [6, 6.07) is 14.7. The minimum absolute atomic E-state index is 0.171. The summed E-state index contributed by atoms with van der Waals surface area (Å²) in [7, 11) is 0. The molecule has 5 nitrogen and oxygen atoms in total. The summed E-state index contributed by atoms with van der Waals surface area (Å²) in [6.07, 6.45) is 0. The van der Waals surface area contributed by atoms with Gasteiger partial charge in [-0.15, -0.1) is 0 Å². The summed E-state index contributed by atoms with van der Waals surface area (Å²) in [6.45, 7) is 1.82. The van der Waals surface area contributed by atoms with Crippen LogP contribution in [0, 0.1) is 0 Å². The summed E-state index contributed by atoms with van der Waals surface area (Å²) >= 11 is 7.07. The number of aromatic nitrogens is 1. The van der Waals surface area contributed by atoms with Crippen LogP contribution in [0.15, 0.2) is 63.3 Å². The number of nitrogens with one attached hydrogen (secondary N) is 1. The lowest BCUT2D eigenvalue weighted by Crippen LogP contribution is -2.21. The Hall–Kier alpha value is -2.31. The molecule has 1 aromatic heterocycles. The average Bonchev–Trinajstić information content (AvgIpc) is 3.01. The number of thioether (sulfide) groups is 1. The highest BCUT2D eigenvalue weighted by atomic mass is 35.5. The van der Waals surface area contributed by atoms with E-state index in [1.165, 1.54) is 11.8 Å². The number of nitrogens with zero attached hydrogens (tertiary/aromatic N) is 2. The van der Waals surface area contributed by atoms with Gasteiger partial charge in [0.05, 0.1) is 11.5 Å². The van der Waals surface area contributed by atoms with E-state index in [2.05, 4.69) is 15.5 Å². The van der Waals surface area contributed by atoms with E-state index in [9.17, 15) is 4.79 Å². The Labute approximate surface area is 148 Å². The molecule has 0 atom stereocenters. The number of hydrogen-bond donors (Lipinski definition) is 1. The summed E-state index contributed by atoms with van der Waals surface area (Å²) in [4.78, 5) is 16.2. The molecule has 7 heteroatoms. The van der Waals surface area contributed by atoms with E-state index in [4.69, 9.17) is 16.0 Å². The van der Waals surface area contributed by atoms with Crippen molar-refractivity contribution in [2.24, 2.45) is 5.10 Å². The zero-order valence-electron chi connectivity index (χ0n) is 12.8. The number of hydrazone groups is 1. The lowest BCUT2D eigenvalue weighted by atomic mass is 10.1. The molecular formula is C17H14ClN3O2S. The highest BCUT2D eigenvalue weighted by Crippen LogP contribution is 2.22. The number of hydrogen-bond acceptors (Lipinski definition) is 5. The Balaban J connectivity index is 1.55. The molecule has 24 heavy (non-hydrogen) atoms. The van der Waals surface area contributed by atoms with Crippen molar-refractivity contribution < 1.29 is 9.21 Å². The second-order valence-corrected chi connectivity index (χ2v) is 6.34. The number of oxazole rings is 1. The first-order valence-corrected chi connectivity index (χ1v) is 8.55. The van der Waals surface area contributed by atoms with Gasteiger partial charge in [-0.05, 0) is 36.8 Å². The molecule has 0 aliphatic rings. The van der Waals surface area contributed by atoms with E-state index in [1.54, 1.807) is 12.1 Å². The van der Waals surface area contributed by atoms with Gasteiger partial charge in [0.15, 0.2) is 5.58 Å². The third-order valence-corrected chi connectivity index (χ3v) is 4.29. The lowest BCUT2D eigenvalue weighted by Gasteiger charge is -2.02. The Morgan fingerprint density at radius 1 is 1.25 bits per heavy atom. The second kappa shape index (κ2) is 7.51. The number of halogens is 1. The minimum atomic E-state index is -0.226. The van der Waals surface area contributed by atoms with Crippen molar-refractivity contribution in [3.05, 3.63) is 59.1 Å². The number of rotatable bonds is 5. The van der Waals surface area contributed by atoms with Gasteiger partial charge in [-0.2, -0.15) is 5.10 Å². The predicted molar refractivity (Wildman–Crippen MR) is 96.5 cm³/mol. The number of para-hydroxylation sites is 2. The van der Waals surface area contributed by atoms with E-state index in [1.807, 2.05) is 43.3 Å². The van der Waals surface area contributed by atoms with Crippen LogP contribution < -0.4 is 5.43 Å². The smallest absolute Gasteiger partial charge is 0.257 e. The molecule has 1 amide bonds. The lowest BCUT2D eigenvalue weighted by molar-refractivity contribution is -0.118. The topological polar surface area (TPSA) is 67.5 Å². The quantitative estimate of drug-likeness (QED) is 0.423. The molecular weight excluding hydrogens is 346 g/mol. The number of benzene rings is 2. The van der Waals surface area contributed by atoms with Crippen molar-refractivity contribution in [1.29, 1.82) is 0 Å². The Bertz CT molecular complexity index is 857. The second-order valence-electron chi connectivity index (χ2n) is 4.98. The molecule has 0 aliphatic heterocycles. The fraction of sp³-hybridized carbons (Fsp3) is 0.118. The van der Waals surface area contributed by atoms with Crippen LogP contribution in [0.1, 0.15) is 12.5 Å². The molecule has 0 unspecified atom stereocenters. The van der Waals surface area contributed by atoms with Crippen molar-refractivity contribution in [2.75, 3.05) is 5.75 Å². The maximum Gasteiger partial charge on any atom is 0.257 e. The molecule has 0 fully saturated rings. The van der Waals surface area contributed by atoms with E-state index >= 15 is 0 Å². The normalized spacial score (nSPS) is 11.7. The standard InChI is InChI=1S/C17H14ClN3O2S/c1-11(12-6-8-13(18)9-7-12)20-21-16(22)10-24-17-19-14-4-2-3-5-15(14)23-17/h2-9H,10H2,1H3,(H,21,22)/b20-11-. The van der Waals surface area contributed by atoms with Crippen LogP contribution >= 0.6 is 23.4 Å². The zero-order valence-corrected chi connectivity index (χ0v) is 14.4. The summed E-state index contributed by atoms with van der Waals surface area (Å²) in [5.74, 6) is -0.0555. The van der Waals surface area contributed by atoms with Gasteiger partial charge in [0, 0.05) is 5.02 Å². The minimum Gasteiger partial charge on any atom is -0.431 e. The highest BCUT2D eigenvalue weighted by Gasteiger charge is 2.08. The molecule has 1 heterocycles. The molecule has 0 saturated heterocycles. The number of amides is 1. The third-order valence-electron chi connectivity index (χ3n) is 3.21. The molecule has 0 saturated carbocycles. The SMILES string of the molecule is C/C(=N/NC(=O)CSc1nc2ccccc2o1)c1ccc(Cl)cc1. The van der Waals surface area contributed by atoms with Gasteiger partial charge < -0.3 is 4.42 Å². The molecule has 0 aliphatic carbocycles. The van der Waals surface area contributed by atoms with Crippen LogP contribution in [0.25, 0.3) is 11.1 Å². The van der Waals surface area contributed by atoms with Crippen LogP contribution in [0.2, 0.25) is 5.02 Å². The predicted octanol–water partition coefficient (Wildman–Crippen LogP) is 4.11. The molecule has 1 N–H and O–H groups in total. The van der Waals surface area contributed by atoms with Gasteiger partial charge in [-0.25, -0.2) is 10.4 Å². The third kappa shape index (κ3) is 4.15. The first kappa shape index (κ1) is 16.5. The van der Waals surface area contributed by atoms with Gasteiger partial charge in [0.2, 0.25) is 0 Å². The van der Waals surface area contributed by atoms with Crippen LogP contribution in [0.4, 0.5) is 0 Å². The molecule has 0 radical (unpaired) electrons. The first-order chi connectivity index (χ1) is 11.6. The monoisotopic (exact) mass is 359 g/mol. The Kier molecular flexibility index (Phi) is 5.17. The van der Waals surface area contributed by atoms with Gasteiger partial charge in [0.25, 0.3) is 11.1 Å². The van der Waals surface area contributed by atoms with Gasteiger partial charge in [-0.1, -0.05) is 47.6 Å². The number of fused-ring (bicyclic) bond motifs is 1. The number of carbonyl (C=O) groups excluding carboxylic acids is 1. The van der Waals surface area contributed by atoms with Crippen molar-refractivity contribution in [3.8, 4) is 0 Å². The molecule has 0 spiro atoms. The van der Waals surface area contributed by atoms with Crippen molar-refractivity contribution in [3.63, 3.8) is 0 Å². The zero-order chi connectivity index (χ0) is 16.9. The molecule has 122 valence electrons. The van der Waals surface area contributed by atoms with E-state index in [0.29, 0.717) is 21.5 Å². The van der Waals surface area contributed by atoms with Crippen LogP contribution in [-0.2, 0) is 4.79 Å². The summed E-state index contributed by atoms with van der Waals surface area (Å²) in [5, 5.41) is 5.21. The summed E-state index contributed by atoms with van der Waals surface area (Å²) in [5.41, 5.74) is 5.60. The van der Waals surface area contributed by atoms with E-state index < -0.39 is 0 Å². The van der Waals surface area contributed by atoms with E-state index in [-0.39, 0.29) is 11.7 Å².